The maximum atomic E-state index is 6.15. The van der Waals surface area contributed by atoms with Crippen LogP contribution in [0.3, 0.4) is 0 Å². The van der Waals surface area contributed by atoms with Crippen LogP contribution in [0.4, 0.5) is 5.69 Å². The standard InChI is InChI=1S/C11H13BrClNS/c1-7-4-9(6-15-7)14-11-3-2-8(12)5-10(11)13/h2-3,5,7,9,14H,4,6H2,1H3. The Labute approximate surface area is 108 Å². The summed E-state index contributed by atoms with van der Waals surface area (Å²) in [5.41, 5.74) is 1.04. The third kappa shape index (κ3) is 3.05. The first-order valence-electron chi connectivity index (χ1n) is 4.98. The highest BCUT2D eigenvalue weighted by Crippen LogP contribution is 2.31. The predicted octanol–water partition coefficient (Wildman–Crippen LogP) is 4.41. The van der Waals surface area contributed by atoms with Crippen molar-refractivity contribution in [2.75, 3.05) is 11.1 Å². The number of halogens is 2. The summed E-state index contributed by atoms with van der Waals surface area (Å²) >= 11 is 11.6. The quantitative estimate of drug-likeness (QED) is 0.868. The lowest BCUT2D eigenvalue weighted by molar-refractivity contribution is 0.747. The molecule has 15 heavy (non-hydrogen) atoms. The largest absolute Gasteiger partial charge is 0.380 e. The molecule has 82 valence electrons. The number of rotatable bonds is 2. The van der Waals surface area contributed by atoms with E-state index >= 15 is 0 Å². The van der Waals surface area contributed by atoms with Crippen molar-refractivity contribution in [2.45, 2.75) is 24.6 Å². The van der Waals surface area contributed by atoms with Gasteiger partial charge in [0.25, 0.3) is 0 Å². The van der Waals surface area contributed by atoms with Crippen molar-refractivity contribution in [1.29, 1.82) is 0 Å². The predicted molar refractivity (Wildman–Crippen MR) is 73.1 cm³/mol. The number of hydrogen-bond acceptors (Lipinski definition) is 2. The fourth-order valence-corrected chi connectivity index (χ4v) is 3.62. The minimum atomic E-state index is 0.559. The Morgan fingerprint density at radius 3 is 2.93 bits per heavy atom. The molecule has 1 saturated heterocycles. The Hall–Kier alpha value is 0.140. The van der Waals surface area contributed by atoms with Crippen LogP contribution < -0.4 is 5.32 Å². The number of thioether (sulfide) groups is 1. The van der Waals surface area contributed by atoms with E-state index in [1.54, 1.807) is 0 Å². The molecule has 0 spiro atoms. The van der Waals surface area contributed by atoms with Gasteiger partial charge in [0.15, 0.2) is 0 Å². The minimum Gasteiger partial charge on any atom is -0.380 e. The average Bonchev–Trinajstić information content (AvgIpc) is 2.56. The van der Waals surface area contributed by atoms with Crippen LogP contribution in [-0.4, -0.2) is 17.0 Å². The smallest absolute Gasteiger partial charge is 0.0648 e. The number of benzene rings is 1. The molecule has 1 aromatic rings. The van der Waals surface area contributed by atoms with Crippen LogP contribution in [0.15, 0.2) is 22.7 Å². The summed E-state index contributed by atoms with van der Waals surface area (Å²) in [5, 5.41) is 5.04. The van der Waals surface area contributed by atoms with Crippen molar-refractivity contribution in [3.05, 3.63) is 27.7 Å². The van der Waals surface area contributed by atoms with Gasteiger partial charge < -0.3 is 5.32 Å². The zero-order valence-electron chi connectivity index (χ0n) is 8.47. The molecule has 0 radical (unpaired) electrons. The lowest BCUT2D eigenvalue weighted by Crippen LogP contribution is -2.19. The summed E-state index contributed by atoms with van der Waals surface area (Å²) in [7, 11) is 0. The Morgan fingerprint density at radius 2 is 2.33 bits per heavy atom. The first kappa shape index (κ1) is 11.6. The van der Waals surface area contributed by atoms with Crippen LogP contribution in [0.25, 0.3) is 0 Å². The van der Waals surface area contributed by atoms with Gasteiger partial charge in [-0.2, -0.15) is 11.8 Å². The topological polar surface area (TPSA) is 12.0 Å². The zero-order chi connectivity index (χ0) is 10.8. The van der Waals surface area contributed by atoms with Gasteiger partial charge in [0.2, 0.25) is 0 Å². The maximum absolute atomic E-state index is 6.15. The molecule has 2 atom stereocenters. The van der Waals surface area contributed by atoms with E-state index in [1.165, 1.54) is 12.2 Å². The summed E-state index contributed by atoms with van der Waals surface area (Å²) in [6.07, 6.45) is 1.22. The third-order valence-electron chi connectivity index (χ3n) is 2.49. The number of anilines is 1. The monoisotopic (exact) mass is 305 g/mol. The molecule has 0 bridgehead atoms. The fourth-order valence-electron chi connectivity index (χ4n) is 1.74. The van der Waals surface area contributed by atoms with E-state index in [0.29, 0.717) is 6.04 Å². The molecule has 0 saturated carbocycles. The molecule has 1 N–H and O–H groups in total. The van der Waals surface area contributed by atoms with Crippen LogP contribution in [0, 0.1) is 0 Å². The normalized spacial score (nSPS) is 25.5. The summed E-state index contributed by atoms with van der Waals surface area (Å²) in [5.74, 6) is 1.17. The van der Waals surface area contributed by atoms with Gasteiger partial charge in [0.1, 0.15) is 0 Å². The molecule has 4 heteroatoms. The van der Waals surface area contributed by atoms with Crippen LogP contribution in [0.1, 0.15) is 13.3 Å². The van der Waals surface area contributed by atoms with E-state index in [2.05, 4.69) is 28.2 Å². The first-order valence-corrected chi connectivity index (χ1v) is 7.20. The van der Waals surface area contributed by atoms with Crippen molar-refractivity contribution in [3.8, 4) is 0 Å². The van der Waals surface area contributed by atoms with Gasteiger partial charge in [0.05, 0.1) is 10.7 Å². The van der Waals surface area contributed by atoms with Crippen LogP contribution in [-0.2, 0) is 0 Å². The number of hydrogen-bond donors (Lipinski definition) is 1. The molecular formula is C11H13BrClNS. The maximum Gasteiger partial charge on any atom is 0.0648 e. The van der Waals surface area contributed by atoms with E-state index in [1.807, 2.05) is 30.0 Å². The van der Waals surface area contributed by atoms with Crippen LogP contribution >= 0.6 is 39.3 Å². The van der Waals surface area contributed by atoms with E-state index in [9.17, 15) is 0 Å². The van der Waals surface area contributed by atoms with Crippen LogP contribution in [0.5, 0.6) is 0 Å². The molecule has 1 heterocycles. The number of nitrogens with one attached hydrogen (secondary N) is 1. The highest BCUT2D eigenvalue weighted by molar-refractivity contribution is 9.10. The van der Waals surface area contributed by atoms with Gasteiger partial charge in [-0.15, -0.1) is 0 Å². The van der Waals surface area contributed by atoms with Crippen molar-refractivity contribution in [3.63, 3.8) is 0 Å². The Bertz CT molecular complexity index is 358. The van der Waals surface area contributed by atoms with Gasteiger partial charge in [-0.05, 0) is 24.6 Å². The van der Waals surface area contributed by atoms with Crippen molar-refractivity contribution in [1.82, 2.24) is 0 Å². The highest BCUT2D eigenvalue weighted by Gasteiger charge is 2.21. The molecule has 2 unspecified atom stereocenters. The van der Waals surface area contributed by atoms with Crippen molar-refractivity contribution >= 4 is 45.0 Å². The zero-order valence-corrected chi connectivity index (χ0v) is 11.6. The molecule has 1 aromatic carbocycles. The van der Waals surface area contributed by atoms with E-state index in [-0.39, 0.29) is 0 Å². The lowest BCUT2D eigenvalue weighted by Gasteiger charge is -2.14. The molecule has 1 fully saturated rings. The van der Waals surface area contributed by atoms with Gasteiger partial charge >= 0.3 is 0 Å². The van der Waals surface area contributed by atoms with E-state index in [0.717, 1.165) is 20.4 Å². The first-order chi connectivity index (χ1) is 7.15. The molecule has 1 nitrogen and oxygen atoms in total. The van der Waals surface area contributed by atoms with E-state index < -0.39 is 0 Å². The molecule has 0 aromatic heterocycles. The summed E-state index contributed by atoms with van der Waals surface area (Å²) in [4.78, 5) is 0. The van der Waals surface area contributed by atoms with Gasteiger partial charge in [-0.25, -0.2) is 0 Å². The molecule has 1 aliphatic heterocycles. The average molecular weight is 307 g/mol. The molecular weight excluding hydrogens is 294 g/mol. The second kappa shape index (κ2) is 4.98. The molecule has 0 amide bonds. The van der Waals surface area contributed by atoms with Gasteiger partial charge in [-0.3, -0.25) is 0 Å². The minimum absolute atomic E-state index is 0.559. The summed E-state index contributed by atoms with van der Waals surface area (Å²) in [6, 6.07) is 6.53. The lowest BCUT2D eigenvalue weighted by atomic mass is 10.2. The van der Waals surface area contributed by atoms with Gasteiger partial charge in [0, 0.05) is 21.5 Å². The molecule has 2 rings (SSSR count). The SMILES string of the molecule is CC1CC(Nc2ccc(Br)cc2Cl)CS1. The van der Waals surface area contributed by atoms with E-state index in [4.69, 9.17) is 11.6 Å². The Balaban J connectivity index is 2.04. The van der Waals surface area contributed by atoms with Crippen molar-refractivity contribution in [2.24, 2.45) is 0 Å². The fraction of sp³-hybridized carbons (Fsp3) is 0.455. The Morgan fingerprint density at radius 1 is 1.53 bits per heavy atom. The highest BCUT2D eigenvalue weighted by atomic mass is 79.9. The van der Waals surface area contributed by atoms with Crippen molar-refractivity contribution < 1.29 is 0 Å². The third-order valence-corrected chi connectivity index (χ3v) is 4.65. The van der Waals surface area contributed by atoms with Gasteiger partial charge in [-0.1, -0.05) is 34.5 Å². The molecule has 1 aliphatic rings. The van der Waals surface area contributed by atoms with Crippen LogP contribution in [0.2, 0.25) is 5.02 Å². The second-order valence-electron chi connectivity index (χ2n) is 3.85. The summed E-state index contributed by atoms with van der Waals surface area (Å²) < 4.78 is 1.02. The molecule has 0 aliphatic carbocycles. The second-order valence-corrected chi connectivity index (χ2v) is 6.64. The Kier molecular flexibility index (Phi) is 3.86. The summed E-state index contributed by atoms with van der Waals surface area (Å²) in [6.45, 7) is 2.27.